The van der Waals surface area contributed by atoms with Crippen LogP contribution in [-0.2, 0) is 0 Å². The van der Waals surface area contributed by atoms with Crippen LogP contribution >= 0.6 is 0 Å². The fourth-order valence-corrected chi connectivity index (χ4v) is 2.31. The van der Waals surface area contributed by atoms with Crippen LogP contribution < -0.4 is 5.46 Å². The Morgan fingerprint density at radius 1 is 1.39 bits per heavy atom. The highest BCUT2D eigenvalue weighted by molar-refractivity contribution is 6.34. The molecular formula is C17H23B. The van der Waals surface area contributed by atoms with Crippen LogP contribution in [-0.4, -0.2) is 7.85 Å². The monoisotopic (exact) mass is 238 g/mol. The molecule has 0 aliphatic heterocycles. The maximum Gasteiger partial charge on any atom is 0.114 e. The lowest BCUT2D eigenvalue weighted by molar-refractivity contribution is 0.707. The number of rotatable bonds is 4. The number of hydrogen-bond acceptors (Lipinski definition) is 0. The Kier molecular flexibility index (Phi) is 5.01. The van der Waals surface area contributed by atoms with E-state index in [-0.39, 0.29) is 0 Å². The average molecular weight is 238 g/mol. The average Bonchev–Trinajstić information content (AvgIpc) is 2.25. The van der Waals surface area contributed by atoms with E-state index in [0.717, 1.165) is 11.9 Å². The molecule has 0 aliphatic carbocycles. The Morgan fingerprint density at radius 2 is 2.00 bits per heavy atom. The van der Waals surface area contributed by atoms with Crippen molar-refractivity contribution in [2.75, 3.05) is 0 Å². The van der Waals surface area contributed by atoms with Crippen molar-refractivity contribution in [3.05, 3.63) is 47.1 Å². The molecule has 0 saturated heterocycles. The van der Waals surface area contributed by atoms with E-state index in [2.05, 4.69) is 59.4 Å². The molecule has 0 fully saturated rings. The summed E-state index contributed by atoms with van der Waals surface area (Å²) in [4.78, 5) is 0. The second-order valence-electron chi connectivity index (χ2n) is 5.31. The summed E-state index contributed by atoms with van der Waals surface area (Å²) < 4.78 is 0. The number of allylic oxidation sites excluding steroid dienone is 3. The minimum absolute atomic E-state index is 0.483. The van der Waals surface area contributed by atoms with Crippen molar-refractivity contribution < 1.29 is 0 Å². The molecule has 18 heavy (non-hydrogen) atoms. The quantitative estimate of drug-likeness (QED) is 0.547. The normalized spacial score (nSPS) is 13.5. The molecule has 94 valence electrons. The van der Waals surface area contributed by atoms with Gasteiger partial charge in [-0.1, -0.05) is 48.3 Å². The number of hydrogen-bond donors (Lipinski definition) is 0. The number of benzene rings is 1. The largest absolute Gasteiger partial charge is 0.114 e. The zero-order valence-corrected chi connectivity index (χ0v) is 12.3. The molecule has 2 radical (unpaired) electrons. The van der Waals surface area contributed by atoms with Gasteiger partial charge in [0.15, 0.2) is 0 Å². The first-order valence-electron chi connectivity index (χ1n) is 6.54. The van der Waals surface area contributed by atoms with Gasteiger partial charge in [0.2, 0.25) is 0 Å². The van der Waals surface area contributed by atoms with Crippen molar-refractivity contribution >= 4 is 18.9 Å². The second kappa shape index (κ2) is 6.09. The molecule has 1 aromatic rings. The van der Waals surface area contributed by atoms with E-state index in [4.69, 9.17) is 7.85 Å². The molecule has 0 bridgehead atoms. The van der Waals surface area contributed by atoms with Crippen molar-refractivity contribution in [1.82, 2.24) is 0 Å². The van der Waals surface area contributed by atoms with Crippen LogP contribution in [0.2, 0.25) is 0 Å². The van der Waals surface area contributed by atoms with Crippen LogP contribution in [0, 0.1) is 19.8 Å². The first kappa shape index (κ1) is 14.8. The van der Waals surface area contributed by atoms with Crippen LogP contribution in [0.5, 0.6) is 0 Å². The third-order valence-electron chi connectivity index (χ3n) is 3.55. The van der Waals surface area contributed by atoms with Crippen LogP contribution in [0.4, 0.5) is 0 Å². The van der Waals surface area contributed by atoms with E-state index >= 15 is 0 Å². The van der Waals surface area contributed by atoms with Crippen molar-refractivity contribution in [1.29, 1.82) is 0 Å². The highest BCUT2D eigenvalue weighted by Crippen LogP contribution is 2.27. The Balaban J connectivity index is 3.15. The number of aryl methyl sites for hydroxylation is 2. The van der Waals surface area contributed by atoms with Crippen molar-refractivity contribution in [3.8, 4) is 0 Å². The van der Waals surface area contributed by atoms with Gasteiger partial charge in [-0.2, -0.15) is 0 Å². The molecule has 0 aromatic heterocycles. The lowest BCUT2D eigenvalue weighted by Crippen LogP contribution is -2.14. The first-order chi connectivity index (χ1) is 8.36. The van der Waals surface area contributed by atoms with Gasteiger partial charge in [-0.05, 0) is 56.7 Å². The van der Waals surface area contributed by atoms with Gasteiger partial charge in [-0.25, -0.2) is 0 Å². The minimum Gasteiger partial charge on any atom is -0.0999 e. The van der Waals surface area contributed by atoms with Gasteiger partial charge in [0.05, 0.1) is 0 Å². The van der Waals surface area contributed by atoms with Gasteiger partial charge in [0.25, 0.3) is 0 Å². The smallest absolute Gasteiger partial charge is 0.0999 e. The van der Waals surface area contributed by atoms with Crippen LogP contribution in [0.15, 0.2) is 30.4 Å². The zero-order valence-electron chi connectivity index (χ0n) is 12.3. The van der Waals surface area contributed by atoms with Gasteiger partial charge in [-0.15, -0.1) is 0 Å². The maximum absolute atomic E-state index is 6.19. The highest BCUT2D eigenvalue weighted by Gasteiger charge is 2.12. The fourth-order valence-electron chi connectivity index (χ4n) is 2.31. The molecule has 1 rings (SSSR count). The Labute approximate surface area is 113 Å². The summed E-state index contributed by atoms with van der Waals surface area (Å²) in [6.07, 6.45) is 3.17. The summed E-state index contributed by atoms with van der Waals surface area (Å²) in [5.41, 5.74) is 7.11. The van der Waals surface area contributed by atoms with Crippen LogP contribution in [0.3, 0.4) is 0 Å². The highest BCUT2D eigenvalue weighted by atomic mass is 14.2. The molecule has 0 N–H and O–H groups in total. The molecule has 0 nitrogen and oxygen atoms in total. The van der Waals surface area contributed by atoms with Crippen LogP contribution in [0.1, 0.15) is 43.9 Å². The predicted octanol–water partition coefficient (Wildman–Crippen LogP) is 4.10. The molecule has 0 saturated carbocycles. The predicted molar refractivity (Wildman–Crippen MR) is 83.6 cm³/mol. The SMILES string of the molecule is [B]c1cc(C)cc(C)c1/C(=C\C)CC(C)C(=C)C. The van der Waals surface area contributed by atoms with E-state index in [0.29, 0.717) is 5.92 Å². The lowest BCUT2D eigenvalue weighted by Gasteiger charge is -2.19. The van der Waals surface area contributed by atoms with Gasteiger partial charge in [0.1, 0.15) is 7.85 Å². The topological polar surface area (TPSA) is 0 Å². The summed E-state index contributed by atoms with van der Waals surface area (Å²) in [5.74, 6) is 0.483. The molecule has 0 heterocycles. The van der Waals surface area contributed by atoms with Crippen molar-refractivity contribution in [2.24, 2.45) is 5.92 Å². The Morgan fingerprint density at radius 3 is 2.44 bits per heavy atom. The molecule has 1 heteroatoms. The minimum atomic E-state index is 0.483. The van der Waals surface area contributed by atoms with E-state index in [1.807, 2.05) is 0 Å². The van der Waals surface area contributed by atoms with Gasteiger partial charge >= 0.3 is 0 Å². The molecular weight excluding hydrogens is 215 g/mol. The summed E-state index contributed by atoms with van der Waals surface area (Å²) in [5, 5.41) is 0. The molecule has 0 aliphatic rings. The summed E-state index contributed by atoms with van der Waals surface area (Å²) in [6.45, 7) is 14.6. The third-order valence-corrected chi connectivity index (χ3v) is 3.55. The van der Waals surface area contributed by atoms with Crippen molar-refractivity contribution in [2.45, 2.75) is 41.0 Å². The summed E-state index contributed by atoms with van der Waals surface area (Å²) in [6, 6.07) is 4.25. The molecule has 1 aromatic carbocycles. The van der Waals surface area contributed by atoms with E-state index in [1.165, 1.54) is 27.8 Å². The van der Waals surface area contributed by atoms with Gasteiger partial charge in [-0.3, -0.25) is 0 Å². The summed E-state index contributed by atoms with van der Waals surface area (Å²) in [7, 11) is 6.19. The van der Waals surface area contributed by atoms with Gasteiger partial charge < -0.3 is 0 Å². The second-order valence-corrected chi connectivity index (χ2v) is 5.31. The first-order valence-corrected chi connectivity index (χ1v) is 6.54. The fraction of sp³-hybridized carbons (Fsp3) is 0.412. The van der Waals surface area contributed by atoms with Crippen LogP contribution in [0.25, 0.3) is 5.57 Å². The third kappa shape index (κ3) is 3.38. The lowest BCUT2D eigenvalue weighted by atomic mass is 9.80. The standard InChI is InChI=1S/C17H23B/c1-7-15(10-13(5)11(2)3)17-14(6)8-12(4)9-16(17)18/h7-9,13H,2,10H2,1,3-6H3/b15-7-. The van der Waals surface area contributed by atoms with E-state index in [1.54, 1.807) is 0 Å². The van der Waals surface area contributed by atoms with E-state index in [9.17, 15) is 0 Å². The van der Waals surface area contributed by atoms with Crippen molar-refractivity contribution in [3.63, 3.8) is 0 Å². The molecule has 0 spiro atoms. The molecule has 1 atom stereocenters. The Hall–Kier alpha value is -1.24. The molecule has 0 amide bonds. The summed E-state index contributed by atoms with van der Waals surface area (Å²) >= 11 is 0. The van der Waals surface area contributed by atoms with Gasteiger partial charge in [0, 0.05) is 0 Å². The molecule has 1 unspecified atom stereocenters. The zero-order chi connectivity index (χ0) is 13.9. The maximum atomic E-state index is 6.19. The Bertz CT molecular complexity index is 457. The van der Waals surface area contributed by atoms with E-state index < -0.39 is 0 Å².